The first-order chi connectivity index (χ1) is 11.4. The van der Waals surface area contributed by atoms with Crippen molar-refractivity contribution in [3.05, 3.63) is 35.4 Å². The van der Waals surface area contributed by atoms with Crippen molar-refractivity contribution in [3.63, 3.8) is 0 Å². The van der Waals surface area contributed by atoms with Crippen LogP contribution in [0, 0.1) is 17.8 Å². The number of hydrogen-bond acceptors (Lipinski definition) is 3. The van der Waals surface area contributed by atoms with Gasteiger partial charge in [-0.15, -0.1) is 0 Å². The average molecular weight is 333 g/mol. The molecular weight excluding hydrogens is 302 g/mol. The smallest absolute Gasteiger partial charge is 0.252 e. The molecule has 2 rings (SSSR count). The summed E-state index contributed by atoms with van der Waals surface area (Å²) in [5, 5.41) is 23.4. The van der Waals surface area contributed by atoms with Crippen LogP contribution in [0.4, 0.5) is 0 Å². The molecule has 0 bridgehead atoms. The summed E-state index contributed by atoms with van der Waals surface area (Å²) in [6.07, 6.45) is 3.16. The van der Waals surface area contributed by atoms with E-state index < -0.39 is 5.60 Å². The molecule has 134 valence electrons. The number of aliphatic hydroxyl groups is 2. The van der Waals surface area contributed by atoms with Gasteiger partial charge in [-0.2, -0.15) is 0 Å². The number of rotatable bonds is 6. The molecule has 1 fully saturated rings. The van der Waals surface area contributed by atoms with Crippen LogP contribution in [-0.2, 0) is 17.8 Å². The van der Waals surface area contributed by atoms with Crippen molar-refractivity contribution in [1.29, 1.82) is 0 Å². The average Bonchev–Trinajstić information content (AvgIpc) is 2.54. The summed E-state index contributed by atoms with van der Waals surface area (Å²) in [5.41, 5.74) is 0.656. The number of benzene rings is 1. The van der Waals surface area contributed by atoms with E-state index in [1.807, 2.05) is 24.3 Å². The normalized spacial score (nSPS) is 27.2. The Balaban J connectivity index is 1.99. The Morgan fingerprint density at radius 1 is 1.29 bits per heavy atom. The van der Waals surface area contributed by atoms with E-state index in [1.165, 1.54) is 0 Å². The van der Waals surface area contributed by atoms with Gasteiger partial charge in [0.05, 0.1) is 6.61 Å². The fourth-order valence-corrected chi connectivity index (χ4v) is 4.05. The lowest BCUT2D eigenvalue weighted by atomic mass is 9.66. The van der Waals surface area contributed by atoms with Gasteiger partial charge in [-0.1, -0.05) is 51.5 Å². The van der Waals surface area contributed by atoms with E-state index >= 15 is 0 Å². The Morgan fingerprint density at radius 3 is 2.58 bits per heavy atom. The molecule has 1 amide bonds. The lowest BCUT2D eigenvalue weighted by Gasteiger charge is -2.43. The van der Waals surface area contributed by atoms with Crippen LogP contribution in [0.15, 0.2) is 24.3 Å². The second kappa shape index (κ2) is 8.13. The zero-order valence-electron chi connectivity index (χ0n) is 15.1. The summed E-state index contributed by atoms with van der Waals surface area (Å²) in [6, 6.07) is 7.68. The standard InChI is InChI=1S/C20H31NO3/c1-14(2)18-9-8-15(3)12-20(18,24)19(23)21-11-10-16-6-4-5-7-17(16)13-22/h4-7,14-15,18,22,24H,8-13H2,1-3H3,(H,21,23)/t15-,18+,20+/m1/s1. The zero-order valence-corrected chi connectivity index (χ0v) is 15.1. The van der Waals surface area contributed by atoms with E-state index in [-0.39, 0.29) is 24.3 Å². The highest BCUT2D eigenvalue weighted by atomic mass is 16.3. The Hall–Kier alpha value is -1.39. The SMILES string of the molecule is CC(C)[C@@H]1CC[C@@H](C)C[C@@]1(O)C(=O)NCCc1ccccc1CO. The maximum atomic E-state index is 12.7. The molecule has 0 unspecified atom stereocenters. The van der Waals surface area contributed by atoms with E-state index in [0.717, 1.165) is 24.0 Å². The van der Waals surface area contributed by atoms with Gasteiger partial charge in [0.1, 0.15) is 5.60 Å². The molecule has 24 heavy (non-hydrogen) atoms. The molecule has 0 spiro atoms. The summed E-state index contributed by atoms with van der Waals surface area (Å²) < 4.78 is 0. The monoisotopic (exact) mass is 333 g/mol. The zero-order chi connectivity index (χ0) is 17.7. The minimum Gasteiger partial charge on any atom is -0.392 e. The van der Waals surface area contributed by atoms with Crippen molar-refractivity contribution in [2.45, 2.75) is 58.7 Å². The Kier molecular flexibility index (Phi) is 6.41. The third-order valence-electron chi connectivity index (χ3n) is 5.41. The molecule has 3 atom stereocenters. The number of carbonyl (C=O) groups is 1. The van der Waals surface area contributed by atoms with Crippen LogP contribution in [0.5, 0.6) is 0 Å². The molecule has 4 nitrogen and oxygen atoms in total. The third-order valence-corrected chi connectivity index (χ3v) is 5.41. The van der Waals surface area contributed by atoms with Gasteiger partial charge in [-0.05, 0) is 48.1 Å². The predicted molar refractivity (Wildman–Crippen MR) is 95.4 cm³/mol. The summed E-state index contributed by atoms with van der Waals surface area (Å²) in [7, 11) is 0. The van der Waals surface area contributed by atoms with Gasteiger partial charge in [0, 0.05) is 6.54 Å². The van der Waals surface area contributed by atoms with Gasteiger partial charge in [-0.25, -0.2) is 0 Å². The molecule has 0 saturated heterocycles. The molecule has 1 aliphatic carbocycles. The number of carbonyl (C=O) groups excluding carboxylic acids is 1. The summed E-state index contributed by atoms with van der Waals surface area (Å²) in [4.78, 5) is 12.7. The lowest BCUT2D eigenvalue weighted by Crippen LogP contribution is -2.56. The maximum Gasteiger partial charge on any atom is 0.252 e. The topological polar surface area (TPSA) is 69.6 Å². The lowest BCUT2D eigenvalue weighted by molar-refractivity contribution is -0.155. The molecule has 0 heterocycles. The van der Waals surface area contributed by atoms with Crippen molar-refractivity contribution in [2.75, 3.05) is 6.54 Å². The second-order valence-corrected chi connectivity index (χ2v) is 7.59. The number of aliphatic hydroxyl groups excluding tert-OH is 1. The van der Waals surface area contributed by atoms with Gasteiger partial charge in [-0.3, -0.25) is 4.79 Å². The fourth-order valence-electron chi connectivity index (χ4n) is 4.05. The summed E-state index contributed by atoms with van der Waals surface area (Å²) in [5.74, 6) is 0.418. The van der Waals surface area contributed by atoms with Crippen LogP contribution in [-0.4, -0.2) is 28.3 Å². The van der Waals surface area contributed by atoms with Gasteiger partial charge in [0.2, 0.25) is 0 Å². The molecule has 1 aliphatic rings. The van der Waals surface area contributed by atoms with E-state index in [2.05, 4.69) is 26.1 Å². The van der Waals surface area contributed by atoms with Gasteiger partial charge in [0.15, 0.2) is 0 Å². The highest BCUT2D eigenvalue weighted by Crippen LogP contribution is 2.41. The van der Waals surface area contributed by atoms with Crippen molar-refractivity contribution >= 4 is 5.91 Å². The highest BCUT2D eigenvalue weighted by Gasteiger charge is 2.48. The predicted octanol–water partition coefficient (Wildman–Crippen LogP) is 2.66. The van der Waals surface area contributed by atoms with Crippen molar-refractivity contribution in [2.24, 2.45) is 17.8 Å². The van der Waals surface area contributed by atoms with E-state index in [4.69, 9.17) is 0 Å². The molecule has 3 N–H and O–H groups in total. The Bertz CT molecular complexity index is 558. The Morgan fingerprint density at radius 2 is 1.96 bits per heavy atom. The van der Waals surface area contributed by atoms with Crippen LogP contribution >= 0.6 is 0 Å². The molecule has 0 radical (unpaired) electrons. The van der Waals surface area contributed by atoms with Crippen molar-refractivity contribution < 1.29 is 15.0 Å². The Labute approximate surface area is 145 Å². The highest BCUT2D eigenvalue weighted by molar-refractivity contribution is 5.85. The third kappa shape index (κ3) is 4.17. The number of nitrogens with one attached hydrogen (secondary N) is 1. The molecule has 1 aromatic carbocycles. The second-order valence-electron chi connectivity index (χ2n) is 7.59. The van der Waals surface area contributed by atoms with Crippen LogP contribution < -0.4 is 5.32 Å². The van der Waals surface area contributed by atoms with Crippen molar-refractivity contribution in [3.8, 4) is 0 Å². The van der Waals surface area contributed by atoms with Crippen LogP contribution in [0.3, 0.4) is 0 Å². The molecule has 1 aromatic rings. The van der Waals surface area contributed by atoms with E-state index in [1.54, 1.807) is 0 Å². The molecule has 4 heteroatoms. The van der Waals surface area contributed by atoms with Crippen LogP contribution in [0.2, 0.25) is 0 Å². The molecule has 1 saturated carbocycles. The van der Waals surface area contributed by atoms with E-state index in [9.17, 15) is 15.0 Å². The summed E-state index contributed by atoms with van der Waals surface area (Å²) in [6.45, 7) is 6.73. The van der Waals surface area contributed by atoms with E-state index in [0.29, 0.717) is 25.3 Å². The first-order valence-corrected chi connectivity index (χ1v) is 9.06. The van der Waals surface area contributed by atoms with Crippen molar-refractivity contribution in [1.82, 2.24) is 5.32 Å². The summed E-state index contributed by atoms with van der Waals surface area (Å²) >= 11 is 0. The van der Waals surface area contributed by atoms with Crippen LogP contribution in [0.1, 0.15) is 51.2 Å². The first kappa shape index (κ1) is 18.9. The number of amides is 1. The minimum absolute atomic E-state index is 0.000988. The molecule has 0 aromatic heterocycles. The number of hydrogen-bond donors (Lipinski definition) is 3. The largest absolute Gasteiger partial charge is 0.392 e. The maximum absolute atomic E-state index is 12.7. The van der Waals surface area contributed by atoms with Crippen LogP contribution in [0.25, 0.3) is 0 Å². The van der Waals surface area contributed by atoms with Gasteiger partial charge in [0.25, 0.3) is 5.91 Å². The fraction of sp³-hybridized carbons (Fsp3) is 0.650. The molecular formula is C20H31NO3. The molecule has 0 aliphatic heterocycles. The van der Waals surface area contributed by atoms with Gasteiger partial charge < -0.3 is 15.5 Å². The van der Waals surface area contributed by atoms with Gasteiger partial charge >= 0.3 is 0 Å². The minimum atomic E-state index is -1.26. The first-order valence-electron chi connectivity index (χ1n) is 9.06. The quantitative estimate of drug-likeness (QED) is 0.749.